The van der Waals surface area contributed by atoms with Gasteiger partial charge in [0.25, 0.3) is 0 Å². The van der Waals surface area contributed by atoms with Gasteiger partial charge in [0.1, 0.15) is 17.8 Å². The van der Waals surface area contributed by atoms with Gasteiger partial charge >= 0.3 is 0 Å². The van der Waals surface area contributed by atoms with Gasteiger partial charge < -0.3 is 9.88 Å². The highest BCUT2D eigenvalue weighted by atomic mass is 32.2. The summed E-state index contributed by atoms with van der Waals surface area (Å²) in [6.45, 7) is 5.27. The summed E-state index contributed by atoms with van der Waals surface area (Å²) in [6, 6.07) is 2.32. The molecular formula is C16H23N5O2S. The van der Waals surface area contributed by atoms with E-state index in [0.29, 0.717) is 36.9 Å². The SMILES string of the molecule is CCS(=O)(=O)N1C[C@@H]2C(C(C)N(C)c3ncnc4[nH]ccc34)[C@@H]2C1. The molecule has 1 saturated heterocycles. The molecular weight excluding hydrogens is 326 g/mol. The van der Waals surface area contributed by atoms with Crippen LogP contribution in [-0.4, -0.2) is 59.6 Å². The van der Waals surface area contributed by atoms with Crippen LogP contribution in [0.15, 0.2) is 18.6 Å². The molecule has 1 N–H and O–H groups in total. The quantitative estimate of drug-likeness (QED) is 0.880. The van der Waals surface area contributed by atoms with Gasteiger partial charge in [0, 0.05) is 32.4 Å². The first-order chi connectivity index (χ1) is 11.4. The molecule has 2 aliphatic rings. The molecule has 4 atom stereocenters. The smallest absolute Gasteiger partial charge is 0.213 e. The minimum absolute atomic E-state index is 0.193. The lowest BCUT2D eigenvalue weighted by molar-refractivity contribution is 0.390. The van der Waals surface area contributed by atoms with E-state index in [0.717, 1.165) is 16.9 Å². The van der Waals surface area contributed by atoms with Crippen LogP contribution in [0.3, 0.4) is 0 Å². The van der Waals surface area contributed by atoms with Gasteiger partial charge in [0.15, 0.2) is 0 Å². The minimum atomic E-state index is -3.05. The second kappa shape index (κ2) is 5.42. The number of piperidine rings is 1. The molecule has 2 unspecified atom stereocenters. The highest BCUT2D eigenvalue weighted by Gasteiger charge is 2.60. The third-order valence-corrected chi connectivity index (χ3v) is 7.63. The van der Waals surface area contributed by atoms with Crippen LogP contribution < -0.4 is 4.90 Å². The van der Waals surface area contributed by atoms with Crippen LogP contribution in [-0.2, 0) is 10.0 Å². The summed E-state index contributed by atoms with van der Waals surface area (Å²) in [5.41, 5.74) is 0.843. The standard InChI is InChI=1S/C16H23N5O2S/c1-4-24(22,23)21-7-12-13(8-21)14(12)10(2)20(3)16-11-5-6-17-15(11)18-9-19-16/h5-6,9-10,12-14H,4,7-8H2,1-3H3,(H,17,18,19)/t10?,12-,13+,14?. The molecule has 0 bridgehead atoms. The molecule has 7 nitrogen and oxygen atoms in total. The van der Waals surface area contributed by atoms with Gasteiger partial charge in [-0.05, 0) is 37.7 Å². The molecule has 1 saturated carbocycles. The number of sulfonamides is 1. The molecule has 0 radical (unpaired) electrons. The van der Waals surface area contributed by atoms with Crippen molar-refractivity contribution in [3.8, 4) is 0 Å². The predicted octanol–water partition coefficient (Wildman–Crippen LogP) is 1.31. The summed E-state index contributed by atoms with van der Waals surface area (Å²) in [4.78, 5) is 14.0. The van der Waals surface area contributed by atoms with Crippen molar-refractivity contribution in [2.75, 3.05) is 30.8 Å². The third kappa shape index (κ3) is 2.31. The highest BCUT2D eigenvalue weighted by molar-refractivity contribution is 7.89. The topological polar surface area (TPSA) is 82.2 Å². The highest BCUT2D eigenvalue weighted by Crippen LogP contribution is 2.55. The van der Waals surface area contributed by atoms with Crippen molar-refractivity contribution in [2.45, 2.75) is 19.9 Å². The fourth-order valence-electron chi connectivity index (χ4n) is 4.25. The minimum Gasteiger partial charge on any atom is -0.356 e. The van der Waals surface area contributed by atoms with Gasteiger partial charge in [-0.15, -0.1) is 0 Å². The fraction of sp³-hybridized carbons (Fsp3) is 0.625. The van der Waals surface area contributed by atoms with E-state index < -0.39 is 10.0 Å². The summed E-state index contributed by atoms with van der Waals surface area (Å²) in [5, 5.41) is 1.02. The maximum absolute atomic E-state index is 12.0. The van der Waals surface area contributed by atoms with Gasteiger partial charge in [-0.3, -0.25) is 0 Å². The van der Waals surface area contributed by atoms with Crippen LogP contribution in [0.25, 0.3) is 11.0 Å². The predicted molar refractivity (Wildman–Crippen MR) is 93.3 cm³/mol. The molecule has 130 valence electrons. The zero-order valence-corrected chi connectivity index (χ0v) is 15.0. The Morgan fingerprint density at radius 2 is 2.08 bits per heavy atom. The molecule has 0 spiro atoms. The first-order valence-corrected chi connectivity index (χ1v) is 10.0. The summed E-state index contributed by atoms with van der Waals surface area (Å²) in [6.07, 6.45) is 3.46. The fourth-order valence-corrected chi connectivity index (χ4v) is 5.41. The number of hydrogen-bond donors (Lipinski definition) is 1. The molecule has 4 rings (SSSR count). The summed E-state index contributed by atoms with van der Waals surface area (Å²) in [7, 11) is -0.985. The second-order valence-electron chi connectivity index (χ2n) is 6.91. The molecule has 24 heavy (non-hydrogen) atoms. The number of rotatable bonds is 5. The van der Waals surface area contributed by atoms with Crippen molar-refractivity contribution in [1.29, 1.82) is 0 Å². The number of nitrogens with one attached hydrogen (secondary N) is 1. The maximum Gasteiger partial charge on any atom is 0.213 e. The van der Waals surface area contributed by atoms with Crippen LogP contribution in [0.5, 0.6) is 0 Å². The van der Waals surface area contributed by atoms with Gasteiger partial charge in [-0.1, -0.05) is 0 Å². The van der Waals surface area contributed by atoms with E-state index in [-0.39, 0.29) is 5.75 Å². The van der Waals surface area contributed by atoms with E-state index in [1.807, 2.05) is 12.3 Å². The zero-order chi connectivity index (χ0) is 17.1. The molecule has 3 heterocycles. The molecule has 2 aromatic rings. The number of nitrogens with zero attached hydrogens (tertiary/aromatic N) is 4. The first kappa shape index (κ1) is 15.8. The Kier molecular flexibility index (Phi) is 3.58. The van der Waals surface area contributed by atoms with Crippen molar-refractivity contribution in [3.63, 3.8) is 0 Å². The summed E-state index contributed by atoms with van der Waals surface area (Å²) < 4.78 is 25.7. The van der Waals surface area contributed by atoms with Crippen LogP contribution in [0.2, 0.25) is 0 Å². The Bertz CT molecular complexity index is 852. The molecule has 0 aromatic carbocycles. The third-order valence-electron chi connectivity index (χ3n) is 5.82. The monoisotopic (exact) mass is 349 g/mol. The van der Waals surface area contributed by atoms with Crippen molar-refractivity contribution in [2.24, 2.45) is 17.8 Å². The first-order valence-electron chi connectivity index (χ1n) is 8.42. The lowest BCUT2D eigenvalue weighted by atomic mass is 10.1. The van der Waals surface area contributed by atoms with Crippen molar-refractivity contribution >= 4 is 26.9 Å². The lowest BCUT2D eigenvalue weighted by Crippen LogP contribution is -2.38. The Hall–Kier alpha value is -1.67. The van der Waals surface area contributed by atoms with Crippen molar-refractivity contribution < 1.29 is 8.42 Å². The Morgan fingerprint density at radius 3 is 2.75 bits per heavy atom. The van der Waals surface area contributed by atoms with E-state index in [4.69, 9.17) is 0 Å². The van der Waals surface area contributed by atoms with E-state index in [2.05, 4.69) is 33.8 Å². The number of anilines is 1. The van der Waals surface area contributed by atoms with Crippen molar-refractivity contribution in [1.82, 2.24) is 19.3 Å². The number of fused-ring (bicyclic) bond motifs is 2. The van der Waals surface area contributed by atoms with Gasteiger partial charge in [-0.25, -0.2) is 22.7 Å². The summed E-state index contributed by atoms with van der Waals surface area (Å²) in [5.74, 6) is 2.61. The number of aromatic nitrogens is 3. The van der Waals surface area contributed by atoms with E-state index in [1.54, 1.807) is 17.6 Å². The maximum atomic E-state index is 12.0. The molecule has 2 aromatic heterocycles. The summed E-state index contributed by atoms with van der Waals surface area (Å²) >= 11 is 0. The van der Waals surface area contributed by atoms with E-state index in [9.17, 15) is 8.42 Å². The lowest BCUT2D eigenvalue weighted by Gasteiger charge is -2.29. The Morgan fingerprint density at radius 1 is 1.38 bits per heavy atom. The van der Waals surface area contributed by atoms with E-state index in [1.165, 1.54) is 0 Å². The van der Waals surface area contributed by atoms with Crippen LogP contribution >= 0.6 is 0 Å². The molecule has 2 fully saturated rings. The van der Waals surface area contributed by atoms with Crippen molar-refractivity contribution in [3.05, 3.63) is 18.6 Å². The van der Waals surface area contributed by atoms with Crippen LogP contribution in [0.1, 0.15) is 13.8 Å². The normalized spacial score (nSPS) is 28.0. The van der Waals surface area contributed by atoms with Gasteiger partial charge in [0.2, 0.25) is 10.0 Å². The van der Waals surface area contributed by atoms with Crippen LogP contribution in [0.4, 0.5) is 5.82 Å². The largest absolute Gasteiger partial charge is 0.356 e. The average molecular weight is 349 g/mol. The Balaban J connectivity index is 1.49. The molecule has 1 aliphatic carbocycles. The number of aromatic amines is 1. The van der Waals surface area contributed by atoms with Gasteiger partial charge in [-0.2, -0.15) is 0 Å². The second-order valence-corrected chi connectivity index (χ2v) is 9.17. The number of H-pyrrole nitrogens is 1. The van der Waals surface area contributed by atoms with Crippen LogP contribution in [0, 0.1) is 17.8 Å². The van der Waals surface area contributed by atoms with Gasteiger partial charge in [0.05, 0.1) is 11.1 Å². The molecule has 1 aliphatic heterocycles. The van der Waals surface area contributed by atoms with E-state index >= 15 is 0 Å². The Labute approximate surface area is 142 Å². The average Bonchev–Trinajstić information content (AvgIpc) is 2.98. The molecule has 8 heteroatoms. The molecule has 0 amide bonds. The number of hydrogen-bond acceptors (Lipinski definition) is 5. The zero-order valence-electron chi connectivity index (χ0n) is 14.2.